The van der Waals surface area contributed by atoms with Crippen molar-refractivity contribution in [1.82, 2.24) is 19.7 Å². The maximum atomic E-state index is 13.3. The SMILES string of the molecule is Cc1nn(-c2ccc(F)cc2)c(Cl)c1/C=C/C(=O)N(C)C(c1ccccc1)c1ccccn1. The second-order valence-corrected chi connectivity index (χ2v) is 7.89. The standard InChI is InChI=1S/C26H22ClFN4O/c1-18-22(26(27)32(30-18)21-13-11-20(28)12-14-21)15-16-24(33)31(2)25(19-8-4-3-5-9-19)23-10-6-7-17-29-23/h3-17,25H,1-2H3/b16-15+. The third-order valence-electron chi connectivity index (χ3n) is 5.33. The summed E-state index contributed by atoms with van der Waals surface area (Å²) in [5.41, 5.74) is 3.63. The van der Waals surface area contributed by atoms with Gasteiger partial charge < -0.3 is 4.90 Å². The maximum Gasteiger partial charge on any atom is 0.247 e. The Bertz CT molecular complexity index is 1230. The maximum absolute atomic E-state index is 13.3. The van der Waals surface area contributed by atoms with E-state index in [9.17, 15) is 9.18 Å². The lowest BCUT2D eigenvalue weighted by Crippen LogP contribution is -2.31. The number of carbonyl (C=O) groups excluding carboxylic acids is 1. The monoisotopic (exact) mass is 460 g/mol. The normalized spacial score (nSPS) is 12.1. The summed E-state index contributed by atoms with van der Waals surface area (Å²) in [5, 5.41) is 4.78. The minimum Gasteiger partial charge on any atom is -0.329 e. The third kappa shape index (κ3) is 4.86. The molecular weight excluding hydrogens is 439 g/mol. The number of carbonyl (C=O) groups is 1. The summed E-state index contributed by atoms with van der Waals surface area (Å²) in [4.78, 5) is 19.3. The highest BCUT2D eigenvalue weighted by atomic mass is 35.5. The van der Waals surface area contributed by atoms with Crippen LogP contribution in [0, 0.1) is 12.7 Å². The Morgan fingerprint density at radius 2 is 1.76 bits per heavy atom. The van der Waals surface area contributed by atoms with Crippen molar-refractivity contribution in [1.29, 1.82) is 0 Å². The Balaban J connectivity index is 1.62. The van der Waals surface area contributed by atoms with Gasteiger partial charge in [-0.3, -0.25) is 9.78 Å². The summed E-state index contributed by atoms with van der Waals surface area (Å²) in [7, 11) is 1.75. The topological polar surface area (TPSA) is 51.0 Å². The van der Waals surface area contributed by atoms with Crippen molar-refractivity contribution >= 4 is 23.6 Å². The largest absolute Gasteiger partial charge is 0.329 e. The van der Waals surface area contributed by atoms with Gasteiger partial charge >= 0.3 is 0 Å². The van der Waals surface area contributed by atoms with Gasteiger partial charge in [0.05, 0.1) is 23.1 Å². The van der Waals surface area contributed by atoms with E-state index in [1.54, 1.807) is 43.3 Å². The van der Waals surface area contributed by atoms with Crippen LogP contribution in [0.3, 0.4) is 0 Å². The Morgan fingerprint density at radius 1 is 1.06 bits per heavy atom. The highest BCUT2D eigenvalue weighted by Crippen LogP contribution is 2.28. The molecule has 0 saturated heterocycles. The van der Waals surface area contributed by atoms with Crippen molar-refractivity contribution in [3.63, 3.8) is 0 Å². The zero-order chi connectivity index (χ0) is 23.4. The molecule has 7 heteroatoms. The van der Waals surface area contributed by atoms with E-state index in [-0.39, 0.29) is 17.8 Å². The number of pyridine rings is 1. The van der Waals surface area contributed by atoms with Gasteiger partial charge in [0.25, 0.3) is 0 Å². The summed E-state index contributed by atoms with van der Waals surface area (Å²) in [6, 6.07) is 20.9. The van der Waals surface area contributed by atoms with E-state index in [4.69, 9.17) is 11.6 Å². The van der Waals surface area contributed by atoms with E-state index < -0.39 is 0 Å². The van der Waals surface area contributed by atoms with Crippen molar-refractivity contribution < 1.29 is 9.18 Å². The molecule has 0 spiro atoms. The molecule has 5 nitrogen and oxygen atoms in total. The Labute approximate surface area is 196 Å². The molecule has 2 aromatic heterocycles. The second-order valence-electron chi connectivity index (χ2n) is 7.53. The zero-order valence-corrected chi connectivity index (χ0v) is 18.9. The van der Waals surface area contributed by atoms with Gasteiger partial charge in [-0.25, -0.2) is 9.07 Å². The van der Waals surface area contributed by atoms with Crippen LogP contribution in [0.5, 0.6) is 0 Å². The molecular formula is C26H22ClFN4O. The molecule has 0 bridgehead atoms. The molecule has 0 aliphatic rings. The van der Waals surface area contributed by atoms with Crippen LogP contribution < -0.4 is 0 Å². The number of hydrogen-bond acceptors (Lipinski definition) is 3. The molecule has 4 aromatic rings. The highest BCUT2D eigenvalue weighted by Gasteiger charge is 2.23. The molecule has 1 atom stereocenters. The van der Waals surface area contributed by atoms with Crippen LogP contribution in [0.4, 0.5) is 4.39 Å². The van der Waals surface area contributed by atoms with Crippen LogP contribution in [0.2, 0.25) is 5.15 Å². The van der Waals surface area contributed by atoms with Gasteiger partial charge in [-0.2, -0.15) is 5.10 Å². The second kappa shape index (κ2) is 9.79. The fraction of sp³-hybridized carbons (Fsp3) is 0.115. The van der Waals surface area contributed by atoms with E-state index >= 15 is 0 Å². The fourth-order valence-corrected chi connectivity index (χ4v) is 3.95. The third-order valence-corrected chi connectivity index (χ3v) is 5.69. The molecule has 166 valence electrons. The quantitative estimate of drug-likeness (QED) is 0.350. The average molecular weight is 461 g/mol. The summed E-state index contributed by atoms with van der Waals surface area (Å²) in [6.07, 6.45) is 4.85. The first-order valence-corrected chi connectivity index (χ1v) is 10.8. The molecule has 33 heavy (non-hydrogen) atoms. The van der Waals surface area contributed by atoms with Crippen LogP contribution in [-0.4, -0.2) is 32.6 Å². The molecule has 1 amide bonds. The van der Waals surface area contributed by atoms with Crippen molar-refractivity contribution in [3.8, 4) is 5.69 Å². The van der Waals surface area contributed by atoms with Crippen molar-refractivity contribution in [3.05, 3.63) is 119 Å². The van der Waals surface area contributed by atoms with Crippen LogP contribution in [0.1, 0.15) is 28.6 Å². The minimum atomic E-state index is -0.344. The van der Waals surface area contributed by atoms with Crippen molar-refractivity contribution in [2.75, 3.05) is 7.05 Å². The van der Waals surface area contributed by atoms with Crippen LogP contribution >= 0.6 is 11.6 Å². The number of amides is 1. The summed E-state index contributed by atoms with van der Waals surface area (Å²) >= 11 is 6.54. The first kappa shape index (κ1) is 22.4. The highest BCUT2D eigenvalue weighted by molar-refractivity contribution is 6.31. The van der Waals surface area contributed by atoms with Gasteiger partial charge in [0.2, 0.25) is 5.91 Å². The lowest BCUT2D eigenvalue weighted by Gasteiger charge is -2.27. The van der Waals surface area contributed by atoms with Gasteiger partial charge in [-0.05, 0) is 55.0 Å². The molecule has 0 aliphatic heterocycles. The van der Waals surface area contributed by atoms with Crippen LogP contribution in [0.15, 0.2) is 85.1 Å². The van der Waals surface area contributed by atoms with Crippen LogP contribution in [-0.2, 0) is 4.79 Å². The fourth-order valence-electron chi connectivity index (χ4n) is 3.62. The molecule has 2 aromatic carbocycles. The number of hydrogen-bond donors (Lipinski definition) is 0. The predicted octanol–water partition coefficient (Wildman–Crippen LogP) is 5.63. The molecule has 1 unspecified atom stereocenters. The number of likely N-dealkylation sites (N-methyl/N-ethyl adjacent to an activating group) is 1. The number of halogens is 2. The van der Waals surface area contributed by atoms with Gasteiger partial charge in [-0.1, -0.05) is 48.0 Å². The molecule has 0 aliphatic carbocycles. The van der Waals surface area contributed by atoms with Crippen molar-refractivity contribution in [2.24, 2.45) is 0 Å². The van der Waals surface area contributed by atoms with Gasteiger partial charge in [0, 0.05) is 24.9 Å². The summed E-state index contributed by atoms with van der Waals surface area (Å²) in [6.45, 7) is 1.81. The van der Waals surface area contributed by atoms with Crippen molar-refractivity contribution in [2.45, 2.75) is 13.0 Å². The van der Waals surface area contributed by atoms with Gasteiger partial charge in [0.15, 0.2) is 0 Å². The molecule has 0 fully saturated rings. The molecule has 2 heterocycles. The first-order valence-electron chi connectivity index (χ1n) is 10.4. The first-order chi connectivity index (χ1) is 16.0. The lowest BCUT2D eigenvalue weighted by atomic mass is 10.0. The lowest BCUT2D eigenvalue weighted by molar-refractivity contribution is -0.126. The average Bonchev–Trinajstić information content (AvgIpc) is 3.12. The number of aryl methyl sites for hydroxylation is 1. The molecule has 4 rings (SSSR count). The molecule has 0 N–H and O–H groups in total. The van der Waals surface area contributed by atoms with Crippen LogP contribution in [0.25, 0.3) is 11.8 Å². The molecule has 0 saturated carbocycles. The van der Waals surface area contributed by atoms with Gasteiger partial charge in [0.1, 0.15) is 11.0 Å². The molecule has 0 radical (unpaired) electrons. The van der Waals surface area contributed by atoms with E-state index in [1.165, 1.54) is 22.9 Å². The predicted molar refractivity (Wildman–Crippen MR) is 128 cm³/mol. The van der Waals surface area contributed by atoms with Gasteiger partial charge in [-0.15, -0.1) is 0 Å². The summed E-state index contributed by atoms with van der Waals surface area (Å²) < 4.78 is 14.8. The number of nitrogens with zero attached hydrogens (tertiary/aromatic N) is 4. The number of aromatic nitrogens is 3. The van der Waals surface area contributed by atoms with E-state index in [0.29, 0.717) is 22.1 Å². The smallest absolute Gasteiger partial charge is 0.247 e. The van der Waals surface area contributed by atoms with E-state index in [1.807, 2.05) is 48.5 Å². The van der Waals surface area contributed by atoms with E-state index in [2.05, 4.69) is 10.1 Å². The van der Waals surface area contributed by atoms with E-state index in [0.717, 1.165) is 11.3 Å². The minimum absolute atomic E-state index is 0.209. The zero-order valence-electron chi connectivity index (χ0n) is 18.2. The number of rotatable bonds is 6. The summed E-state index contributed by atoms with van der Waals surface area (Å²) in [5.74, 6) is -0.548. The Kier molecular flexibility index (Phi) is 6.66. The number of benzene rings is 2. The Hall–Kier alpha value is -3.77. The Morgan fingerprint density at radius 3 is 2.42 bits per heavy atom.